The van der Waals surface area contributed by atoms with Gasteiger partial charge in [-0.1, -0.05) is 11.6 Å². The molecule has 0 aliphatic carbocycles. The van der Waals surface area contributed by atoms with Crippen molar-refractivity contribution in [3.8, 4) is 11.8 Å². The van der Waals surface area contributed by atoms with Crippen LogP contribution in [0.15, 0.2) is 28.3 Å². The first-order chi connectivity index (χ1) is 12.7. The molecule has 0 fully saturated rings. The van der Waals surface area contributed by atoms with Gasteiger partial charge in [-0.15, -0.1) is 0 Å². The first kappa shape index (κ1) is 19.2. The maximum absolute atomic E-state index is 13.0. The van der Waals surface area contributed by atoms with Gasteiger partial charge >= 0.3 is 6.18 Å². The third-order valence-electron chi connectivity index (χ3n) is 4.52. The fraction of sp³-hybridized carbons (Fsp3) is 0.389. The molecule has 1 aromatic carbocycles. The standard InChI is InChI=1S/C18H15ClF3N3O2/c1-10(18(20,21)22)27-14-3-2-11(6-23)16(19)15(14)17(26)25-5-4-12-7-24-8-13(12)9-25/h2-3,8,10H,4-5,7,9H2,1H3. The Labute approximate surface area is 158 Å². The highest BCUT2D eigenvalue weighted by atomic mass is 35.5. The summed E-state index contributed by atoms with van der Waals surface area (Å²) in [6.45, 7) is 2.13. The summed E-state index contributed by atoms with van der Waals surface area (Å²) in [6, 6.07) is 4.24. The monoisotopic (exact) mass is 397 g/mol. The number of nitrogens with zero attached hydrogens (tertiary/aromatic N) is 3. The number of carbonyl (C=O) groups is 1. The lowest BCUT2D eigenvalue weighted by molar-refractivity contribution is -0.189. The Balaban J connectivity index is 1.96. The van der Waals surface area contributed by atoms with E-state index in [0.717, 1.165) is 18.1 Å². The molecule has 1 amide bonds. The molecule has 0 saturated heterocycles. The highest BCUT2D eigenvalue weighted by Gasteiger charge is 2.39. The third kappa shape index (κ3) is 3.78. The van der Waals surface area contributed by atoms with E-state index in [1.165, 1.54) is 17.0 Å². The fourth-order valence-corrected chi connectivity index (χ4v) is 3.22. The largest absolute Gasteiger partial charge is 0.480 e. The summed E-state index contributed by atoms with van der Waals surface area (Å²) in [5.41, 5.74) is 1.84. The van der Waals surface area contributed by atoms with Crippen molar-refractivity contribution in [3.05, 3.63) is 39.4 Å². The molecule has 1 aromatic rings. The van der Waals surface area contributed by atoms with Crippen molar-refractivity contribution >= 4 is 23.7 Å². The van der Waals surface area contributed by atoms with Crippen LogP contribution in [0.4, 0.5) is 13.2 Å². The highest BCUT2D eigenvalue weighted by molar-refractivity contribution is 6.35. The molecular formula is C18H15ClF3N3O2. The van der Waals surface area contributed by atoms with Gasteiger partial charge in [0.25, 0.3) is 5.91 Å². The van der Waals surface area contributed by atoms with Crippen molar-refractivity contribution in [3.63, 3.8) is 0 Å². The van der Waals surface area contributed by atoms with Gasteiger partial charge in [-0.2, -0.15) is 18.4 Å². The topological polar surface area (TPSA) is 65.7 Å². The van der Waals surface area contributed by atoms with E-state index in [4.69, 9.17) is 21.6 Å². The zero-order valence-corrected chi connectivity index (χ0v) is 15.1. The first-order valence-electron chi connectivity index (χ1n) is 8.18. The normalized spacial score (nSPS) is 17.6. The third-order valence-corrected chi connectivity index (χ3v) is 4.91. The number of amides is 1. The maximum atomic E-state index is 13.0. The predicted molar refractivity (Wildman–Crippen MR) is 93.2 cm³/mol. The number of halogens is 4. The van der Waals surface area contributed by atoms with Crippen molar-refractivity contribution in [1.29, 1.82) is 5.26 Å². The molecule has 27 heavy (non-hydrogen) atoms. The van der Waals surface area contributed by atoms with E-state index < -0.39 is 18.2 Å². The van der Waals surface area contributed by atoms with Crippen molar-refractivity contribution in [1.82, 2.24) is 4.90 Å². The van der Waals surface area contributed by atoms with Gasteiger partial charge in [0.2, 0.25) is 0 Å². The summed E-state index contributed by atoms with van der Waals surface area (Å²) < 4.78 is 43.7. The number of carbonyl (C=O) groups excluding carboxylic acids is 1. The molecule has 5 nitrogen and oxygen atoms in total. The molecule has 2 heterocycles. The van der Waals surface area contributed by atoms with Gasteiger partial charge in [-0.05, 0) is 36.6 Å². The Hall–Kier alpha value is -2.53. The SMILES string of the molecule is CC(Oc1ccc(C#N)c(Cl)c1C(=O)N1CCC2=C(C=NC2)C1)C(F)(F)F. The second-order valence-corrected chi connectivity index (χ2v) is 6.67. The Kier molecular flexibility index (Phi) is 5.16. The van der Waals surface area contributed by atoms with Crippen LogP contribution in [0.25, 0.3) is 0 Å². The number of benzene rings is 1. The summed E-state index contributed by atoms with van der Waals surface area (Å²) in [5, 5.41) is 8.94. The molecule has 3 rings (SSSR count). The number of hydrogen-bond donors (Lipinski definition) is 0. The van der Waals surface area contributed by atoms with Crippen LogP contribution < -0.4 is 4.74 Å². The first-order valence-corrected chi connectivity index (χ1v) is 8.56. The molecule has 1 atom stereocenters. The molecule has 0 saturated carbocycles. The maximum Gasteiger partial charge on any atom is 0.425 e. The zero-order chi connectivity index (χ0) is 19.8. The minimum Gasteiger partial charge on any atom is -0.480 e. The Morgan fingerprint density at radius 3 is 2.85 bits per heavy atom. The van der Waals surface area contributed by atoms with E-state index in [2.05, 4.69) is 4.99 Å². The summed E-state index contributed by atoms with van der Waals surface area (Å²) in [5.74, 6) is -0.873. The zero-order valence-electron chi connectivity index (χ0n) is 14.3. The van der Waals surface area contributed by atoms with Crippen molar-refractivity contribution < 1.29 is 22.7 Å². The number of rotatable bonds is 3. The molecule has 1 unspecified atom stereocenters. The van der Waals surface area contributed by atoms with Crippen LogP contribution in [0, 0.1) is 11.3 Å². The number of hydrogen-bond acceptors (Lipinski definition) is 4. The van der Waals surface area contributed by atoms with E-state index in [0.29, 0.717) is 26.1 Å². The minimum atomic E-state index is -4.61. The highest BCUT2D eigenvalue weighted by Crippen LogP contribution is 2.35. The quantitative estimate of drug-likeness (QED) is 0.779. The van der Waals surface area contributed by atoms with E-state index >= 15 is 0 Å². The molecule has 2 aliphatic heterocycles. The van der Waals surface area contributed by atoms with Gasteiger partial charge < -0.3 is 9.64 Å². The molecule has 0 N–H and O–H groups in total. The van der Waals surface area contributed by atoms with E-state index in [-0.39, 0.29) is 21.9 Å². The van der Waals surface area contributed by atoms with Crippen LogP contribution in [-0.4, -0.2) is 48.9 Å². The lowest BCUT2D eigenvalue weighted by Crippen LogP contribution is -2.38. The van der Waals surface area contributed by atoms with E-state index in [1.807, 2.05) is 6.07 Å². The molecule has 0 spiro atoms. The number of nitriles is 1. The molecule has 0 radical (unpaired) electrons. The molecule has 9 heteroatoms. The molecular weight excluding hydrogens is 383 g/mol. The van der Waals surface area contributed by atoms with Crippen molar-refractivity contribution in [2.45, 2.75) is 25.6 Å². The van der Waals surface area contributed by atoms with Crippen molar-refractivity contribution in [2.24, 2.45) is 4.99 Å². The predicted octanol–water partition coefficient (Wildman–Crippen LogP) is 3.77. The minimum absolute atomic E-state index is 0.00799. The van der Waals surface area contributed by atoms with Crippen molar-refractivity contribution in [2.75, 3.05) is 19.6 Å². The van der Waals surface area contributed by atoms with E-state index in [9.17, 15) is 18.0 Å². The smallest absolute Gasteiger partial charge is 0.425 e. The van der Waals surface area contributed by atoms with Gasteiger partial charge in [0, 0.05) is 19.3 Å². The average Bonchev–Trinajstić information content (AvgIpc) is 3.08. The lowest BCUT2D eigenvalue weighted by atomic mass is 10.0. The van der Waals surface area contributed by atoms with Gasteiger partial charge in [-0.3, -0.25) is 9.79 Å². The summed E-state index contributed by atoms with van der Waals surface area (Å²) >= 11 is 6.17. The number of ether oxygens (including phenoxy) is 1. The van der Waals surface area contributed by atoms with Crippen LogP contribution in [0.5, 0.6) is 5.75 Å². The fourth-order valence-electron chi connectivity index (χ4n) is 2.94. The van der Waals surface area contributed by atoms with Crippen LogP contribution in [0.3, 0.4) is 0 Å². The molecule has 2 aliphatic rings. The van der Waals surface area contributed by atoms with Gasteiger partial charge in [0.1, 0.15) is 17.4 Å². The second-order valence-electron chi connectivity index (χ2n) is 6.29. The summed E-state index contributed by atoms with van der Waals surface area (Å²) in [6.07, 6.45) is -4.41. The van der Waals surface area contributed by atoms with Crippen LogP contribution in [0.2, 0.25) is 5.02 Å². The van der Waals surface area contributed by atoms with Crippen LogP contribution in [0.1, 0.15) is 29.3 Å². The van der Waals surface area contributed by atoms with Gasteiger partial charge in [0.15, 0.2) is 6.10 Å². The average molecular weight is 398 g/mol. The Morgan fingerprint density at radius 1 is 1.44 bits per heavy atom. The molecule has 142 valence electrons. The van der Waals surface area contributed by atoms with Gasteiger partial charge in [-0.25, -0.2) is 0 Å². The number of alkyl halides is 3. The van der Waals surface area contributed by atoms with E-state index in [1.54, 1.807) is 6.21 Å². The Morgan fingerprint density at radius 2 is 2.19 bits per heavy atom. The second kappa shape index (κ2) is 7.24. The molecule has 0 aromatic heterocycles. The molecule has 0 bridgehead atoms. The Bertz CT molecular complexity index is 887. The number of aliphatic imine (C=N–C) groups is 1. The van der Waals surface area contributed by atoms with Gasteiger partial charge in [0.05, 0.1) is 17.1 Å². The van der Waals surface area contributed by atoms with Crippen LogP contribution in [-0.2, 0) is 0 Å². The lowest BCUT2D eigenvalue weighted by Gasteiger charge is -2.29. The van der Waals surface area contributed by atoms with Crippen LogP contribution >= 0.6 is 11.6 Å². The summed E-state index contributed by atoms with van der Waals surface area (Å²) in [7, 11) is 0. The summed E-state index contributed by atoms with van der Waals surface area (Å²) in [4.78, 5) is 18.7.